The maximum atomic E-state index is 10.8. The van der Waals surface area contributed by atoms with Gasteiger partial charge in [0.1, 0.15) is 11.5 Å². The third kappa shape index (κ3) is 2.43. The first-order valence-corrected chi connectivity index (χ1v) is 6.89. The number of rotatable bonds is 2. The second-order valence-electron chi connectivity index (χ2n) is 4.49. The summed E-state index contributed by atoms with van der Waals surface area (Å²) < 4.78 is 0. The normalized spacial score (nSPS) is 14.8. The van der Waals surface area contributed by atoms with Gasteiger partial charge in [0.05, 0.1) is 15.0 Å². The van der Waals surface area contributed by atoms with Gasteiger partial charge in [-0.15, -0.1) is 0 Å². The molecule has 6 nitrogen and oxygen atoms in total. The van der Waals surface area contributed by atoms with Gasteiger partial charge >= 0.3 is 0 Å². The number of nitro groups is 1. The number of hydrogen-bond acceptors (Lipinski definition) is 4. The Balaban J connectivity index is 2.13. The van der Waals surface area contributed by atoms with Crippen molar-refractivity contribution in [2.45, 2.75) is 0 Å². The average molecular weight is 335 g/mol. The summed E-state index contributed by atoms with van der Waals surface area (Å²) in [5.41, 5.74) is 7.39. The minimum Gasteiger partial charge on any atom is -0.383 e. The molecule has 0 atom stereocenters. The van der Waals surface area contributed by atoms with Crippen molar-refractivity contribution in [3.8, 4) is 0 Å². The topological polar surface area (TPSA) is 93.9 Å². The van der Waals surface area contributed by atoms with Crippen molar-refractivity contribution in [2.24, 2.45) is 15.7 Å². The smallest absolute Gasteiger partial charge is 0.272 e. The highest BCUT2D eigenvalue weighted by molar-refractivity contribution is 6.39. The van der Waals surface area contributed by atoms with Gasteiger partial charge in [-0.3, -0.25) is 10.1 Å². The van der Waals surface area contributed by atoms with E-state index in [2.05, 4.69) is 9.98 Å². The van der Waals surface area contributed by atoms with Crippen molar-refractivity contribution in [3.05, 3.63) is 67.7 Å². The Morgan fingerprint density at radius 2 is 1.73 bits per heavy atom. The maximum absolute atomic E-state index is 10.8. The lowest BCUT2D eigenvalue weighted by Crippen LogP contribution is -2.09. The van der Waals surface area contributed by atoms with Crippen LogP contribution in [-0.2, 0) is 0 Å². The van der Waals surface area contributed by atoms with E-state index < -0.39 is 4.92 Å². The molecule has 110 valence electrons. The van der Waals surface area contributed by atoms with Crippen LogP contribution < -0.4 is 5.73 Å². The first kappa shape index (κ1) is 14.5. The molecule has 8 heteroatoms. The predicted octanol–water partition coefficient (Wildman–Crippen LogP) is 3.70. The highest BCUT2D eigenvalue weighted by atomic mass is 35.5. The molecule has 0 unspecified atom stereocenters. The van der Waals surface area contributed by atoms with Crippen LogP contribution in [0.15, 0.2) is 46.4 Å². The summed E-state index contributed by atoms with van der Waals surface area (Å²) in [6.07, 6.45) is 0. The standard InChI is InChI=1S/C14H8Cl2N4O2/c15-10-5-7(20(21)22)6-11(16)12(10)18-14-9-4-2-1-3-8(9)13(17)19-14/h1-6H,(H2,17,18,19). The summed E-state index contributed by atoms with van der Waals surface area (Å²) in [5.74, 6) is 0.717. The van der Waals surface area contributed by atoms with Crippen molar-refractivity contribution in [1.29, 1.82) is 0 Å². The van der Waals surface area contributed by atoms with E-state index >= 15 is 0 Å². The van der Waals surface area contributed by atoms with Crippen LogP contribution in [0.25, 0.3) is 0 Å². The van der Waals surface area contributed by atoms with Crippen LogP contribution in [0.5, 0.6) is 0 Å². The van der Waals surface area contributed by atoms with E-state index in [-0.39, 0.29) is 21.4 Å². The van der Waals surface area contributed by atoms with E-state index in [0.717, 1.165) is 11.1 Å². The molecule has 0 aromatic heterocycles. The zero-order valence-corrected chi connectivity index (χ0v) is 12.5. The Hall–Kier alpha value is -2.44. The maximum Gasteiger partial charge on any atom is 0.272 e. The molecule has 2 aromatic rings. The molecule has 1 aliphatic rings. The van der Waals surface area contributed by atoms with Crippen LogP contribution in [0, 0.1) is 10.1 Å². The summed E-state index contributed by atoms with van der Waals surface area (Å²) in [7, 11) is 0. The molecule has 0 radical (unpaired) electrons. The molecule has 1 aliphatic heterocycles. The molecule has 0 fully saturated rings. The highest BCUT2D eigenvalue weighted by Crippen LogP contribution is 2.37. The Morgan fingerprint density at radius 1 is 1.14 bits per heavy atom. The lowest BCUT2D eigenvalue weighted by molar-refractivity contribution is -0.384. The molecule has 0 spiro atoms. The number of hydrogen-bond donors (Lipinski definition) is 1. The third-order valence-corrected chi connectivity index (χ3v) is 3.68. The second-order valence-corrected chi connectivity index (χ2v) is 5.31. The van der Waals surface area contributed by atoms with Crippen LogP contribution in [-0.4, -0.2) is 16.6 Å². The SMILES string of the molecule is NC1=NC(=Nc2c(Cl)cc([N+](=O)[O-])cc2Cl)c2ccccc21. The molecule has 2 aromatic carbocycles. The molecule has 0 saturated carbocycles. The van der Waals surface area contributed by atoms with Gasteiger partial charge < -0.3 is 5.73 Å². The van der Waals surface area contributed by atoms with Gasteiger partial charge in [0.25, 0.3) is 5.69 Å². The van der Waals surface area contributed by atoms with E-state index in [1.807, 2.05) is 24.3 Å². The van der Waals surface area contributed by atoms with Crippen molar-refractivity contribution < 1.29 is 4.92 Å². The number of non-ortho nitro benzene ring substituents is 1. The number of fused-ring (bicyclic) bond motifs is 1. The van der Waals surface area contributed by atoms with Gasteiger partial charge in [0.15, 0.2) is 5.84 Å². The molecule has 22 heavy (non-hydrogen) atoms. The fraction of sp³-hybridized carbons (Fsp3) is 0. The molecule has 3 rings (SSSR count). The van der Waals surface area contributed by atoms with Gasteiger partial charge in [-0.25, -0.2) is 9.98 Å². The fourth-order valence-corrected chi connectivity index (χ4v) is 2.65. The van der Waals surface area contributed by atoms with Crippen molar-refractivity contribution in [1.82, 2.24) is 0 Å². The van der Waals surface area contributed by atoms with Gasteiger partial charge in [-0.05, 0) is 0 Å². The summed E-state index contributed by atoms with van der Waals surface area (Å²) in [4.78, 5) is 18.7. The Kier molecular flexibility index (Phi) is 3.56. The van der Waals surface area contributed by atoms with Gasteiger partial charge in [0, 0.05) is 23.3 Å². The molecule has 0 saturated heterocycles. The van der Waals surface area contributed by atoms with Crippen LogP contribution >= 0.6 is 23.2 Å². The monoisotopic (exact) mass is 334 g/mol. The minimum atomic E-state index is -0.574. The molecule has 1 heterocycles. The zero-order chi connectivity index (χ0) is 15.9. The van der Waals surface area contributed by atoms with Crippen molar-refractivity contribution in [2.75, 3.05) is 0 Å². The molecular formula is C14H8Cl2N4O2. The van der Waals surface area contributed by atoms with Crippen LogP contribution in [0.3, 0.4) is 0 Å². The predicted molar refractivity (Wildman–Crippen MR) is 86.5 cm³/mol. The Labute approximate surface area is 135 Å². The lowest BCUT2D eigenvalue weighted by atomic mass is 10.1. The molecule has 0 bridgehead atoms. The summed E-state index contributed by atoms with van der Waals surface area (Å²) in [6, 6.07) is 9.72. The summed E-state index contributed by atoms with van der Waals surface area (Å²) in [6.45, 7) is 0. The van der Waals surface area contributed by atoms with Crippen molar-refractivity contribution in [3.63, 3.8) is 0 Å². The van der Waals surface area contributed by atoms with E-state index in [0.29, 0.717) is 11.7 Å². The molecule has 0 aliphatic carbocycles. The number of halogens is 2. The number of amidine groups is 2. The van der Waals surface area contributed by atoms with E-state index in [1.165, 1.54) is 12.1 Å². The molecular weight excluding hydrogens is 327 g/mol. The van der Waals surface area contributed by atoms with Gasteiger partial charge in [-0.2, -0.15) is 0 Å². The fourth-order valence-electron chi connectivity index (χ4n) is 2.09. The number of aliphatic imine (C=N–C) groups is 2. The number of nitrogens with two attached hydrogens (primary N) is 1. The van der Waals surface area contributed by atoms with E-state index in [9.17, 15) is 10.1 Å². The van der Waals surface area contributed by atoms with Gasteiger partial charge in [-0.1, -0.05) is 47.5 Å². The van der Waals surface area contributed by atoms with E-state index in [4.69, 9.17) is 28.9 Å². The lowest BCUT2D eigenvalue weighted by Gasteiger charge is -2.03. The average Bonchev–Trinajstić information content (AvgIpc) is 2.79. The van der Waals surface area contributed by atoms with E-state index in [1.54, 1.807) is 0 Å². The third-order valence-electron chi connectivity index (χ3n) is 3.10. The summed E-state index contributed by atoms with van der Waals surface area (Å²) in [5, 5.41) is 10.9. The Bertz CT molecular complexity index is 839. The Morgan fingerprint density at radius 3 is 2.32 bits per heavy atom. The van der Waals surface area contributed by atoms with Crippen molar-refractivity contribution >= 4 is 46.2 Å². The first-order chi connectivity index (χ1) is 10.5. The van der Waals surface area contributed by atoms with Crippen LogP contribution in [0.2, 0.25) is 10.0 Å². The highest BCUT2D eigenvalue weighted by Gasteiger charge is 2.21. The second kappa shape index (κ2) is 5.40. The molecule has 2 N–H and O–H groups in total. The zero-order valence-electron chi connectivity index (χ0n) is 11.0. The number of nitrogens with zero attached hydrogens (tertiary/aromatic N) is 3. The number of benzene rings is 2. The van der Waals surface area contributed by atoms with Crippen LogP contribution in [0.4, 0.5) is 11.4 Å². The largest absolute Gasteiger partial charge is 0.383 e. The first-order valence-electron chi connectivity index (χ1n) is 6.13. The quantitative estimate of drug-likeness (QED) is 0.670. The molecule has 0 amide bonds. The summed E-state index contributed by atoms with van der Waals surface area (Å²) >= 11 is 12.1. The number of nitro benzene ring substituents is 1. The minimum absolute atomic E-state index is 0.0739. The van der Waals surface area contributed by atoms with Crippen LogP contribution in [0.1, 0.15) is 11.1 Å². The van der Waals surface area contributed by atoms with Gasteiger partial charge in [0.2, 0.25) is 0 Å².